The van der Waals surface area contributed by atoms with Gasteiger partial charge in [-0.2, -0.15) is 5.26 Å². The van der Waals surface area contributed by atoms with Crippen molar-refractivity contribution >= 4 is 16.9 Å². The number of halogens is 1. The second-order valence-electron chi connectivity index (χ2n) is 2.74. The Bertz CT molecular complexity index is 406. The number of aromatic nitrogens is 1. The minimum absolute atomic E-state index is 0.0171. The normalized spacial score (nSPS) is 9.86. The number of thioether (sulfide) groups is 1. The van der Waals surface area contributed by atoms with E-state index in [9.17, 15) is 9.18 Å². The second kappa shape index (κ2) is 4.29. The second-order valence-corrected chi connectivity index (χ2v) is 3.50. The summed E-state index contributed by atoms with van der Waals surface area (Å²) >= 11 is 0.447. The average molecular weight is 212 g/mol. The Morgan fingerprint density at radius 2 is 2.43 bits per heavy atom. The first-order valence-electron chi connectivity index (χ1n) is 4.07. The molecule has 0 aliphatic rings. The molecule has 3 nitrogen and oxygen atoms in total. The van der Waals surface area contributed by atoms with Gasteiger partial charge in [0.25, 0.3) is 5.12 Å². The Balaban J connectivity index is 3.18. The third-order valence-electron chi connectivity index (χ3n) is 1.86. The van der Waals surface area contributed by atoms with E-state index in [1.165, 1.54) is 4.57 Å². The molecule has 0 amide bonds. The zero-order valence-electron chi connectivity index (χ0n) is 7.87. The van der Waals surface area contributed by atoms with Crippen LogP contribution in [-0.4, -0.2) is 9.68 Å². The lowest BCUT2D eigenvalue weighted by atomic mass is 10.3. The standard InChI is InChI=1S/C9H9FN2OS/c1-3-12-4-6(2)7(10)8(12)9(13)14-5-11/h4H,3H2,1-2H3. The van der Waals surface area contributed by atoms with Crippen molar-refractivity contribution in [3.63, 3.8) is 0 Å². The molecule has 0 radical (unpaired) electrons. The van der Waals surface area contributed by atoms with Crippen LogP contribution in [-0.2, 0) is 6.54 Å². The molecule has 14 heavy (non-hydrogen) atoms. The molecule has 5 heteroatoms. The smallest absolute Gasteiger partial charge is 0.253 e. The van der Waals surface area contributed by atoms with Crippen LogP contribution in [0.25, 0.3) is 0 Å². The van der Waals surface area contributed by atoms with Crippen molar-refractivity contribution in [2.75, 3.05) is 0 Å². The van der Waals surface area contributed by atoms with E-state index in [-0.39, 0.29) is 5.69 Å². The van der Waals surface area contributed by atoms with Crippen molar-refractivity contribution in [2.45, 2.75) is 20.4 Å². The van der Waals surface area contributed by atoms with Crippen molar-refractivity contribution < 1.29 is 9.18 Å². The first-order chi connectivity index (χ1) is 6.61. The monoisotopic (exact) mass is 212 g/mol. The minimum atomic E-state index is -0.542. The lowest BCUT2D eigenvalue weighted by Crippen LogP contribution is -2.05. The summed E-state index contributed by atoms with van der Waals surface area (Å²) in [6.07, 6.45) is 1.57. The lowest BCUT2D eigenvalue weighted by Gasteiger charge is -2.01. The van der Waals surface area contributed by atoms with E-state index in [1.54, 1.807) is 18.5 Å². The molecule has 0 saturated heterocycles. The van der Waals surface area contributed by atoms with E-state index in [4.69, 9.17) is 5.26 Å². The molecule has 1 aromatic rings. The van der Waals surface area contributed by atoms with E-state index in [2.05, 4.69) is 0 Å². The summed E-state index contributed by atoms with van der Waals surface area (Å²) in [5, 5.41) is 9.42. The molecular formula is C9H9FN2OS. The zero-order chi connectivity index (χ0) is 10.7. The van der Waals surface area contributed by atoms with Gasteiger partial charge in [0.2, 0.25) is 0 Å². The Labute approximate surface area is 85.5 Å². The fourth-order valence-corrected chi connectivity index (χ4v) is 1.60. The molecule has 1 heterocycles. The van der Waals surface area contributed by atoms with E-state index >= 15 is 0 Å². The van der Waals surface area contributed by atoms with Crippen molar-refractivity contribution in [3.05, 3.63) is 23.3 Å². The zero-order valence-corrected chi connectivity index (χ0v) is 8.69. The summed E-state index contributed by atoms with van der Waals surface area (Å²) < 4.78 is 14.9. The van der Waals surface area contributed by atoms with Gasteiger partial charge in [0.1, 0.15) is 11.1 Å². The van der Waals surface area contributed by atoms with Gasteiger partial charge in [0.15, 0.2) is 5.82 Å². The molecule has 0 N–H and O–H groups in total. The number of hydrogen-bond donors (Lipinski definition) is 0. The highest BCUT2D eigenvalue weighted by Crippen LogP contribution is 2.19. The maximum Gasteiger partial charge on any atom is 0.253 e. The number of nitriles is 1. The number of carbonyl (C=O) groups excluding carboxylic acids is 1. The molecule has 0 aromatic carbocycles. The van der Waals surface area contributed by atoms with Gasteiger partial charge in [0, 0.05) is 30.1 Å². The number of nitrogens with zero attached hydrogens (tertiary/aromatic N) is 2. The van der Waals surface area contributed by atoms with Crippen molar-refractivity contribution in [2.24, 2.45) is 0 Å². The van der Waals surface area contributed by atoms with Gasteiger partial charge in [-0.05, 0) is 13.8 Å². The van der Waals surface area contributed by atoms with Crippen LogP contribution in [0.3, 0.4) is 0 Å². The molecule has 0 aliphatic heterocycles. The topological polar surface area (TPSA) is 45.8 Å². The van der Waals surface area contributed by atoms with Gasteiger partial charge in [-0.25, -0.2) is 4.39 Å². The Hall–Kier alpha value is -1.28. The van der Waals surface area contributed by atoms with Crippen molar-refractivity contribution in [1.29, 1.82) is 5.26 Å². The first-order valence-corrected chi connectivity index (χ1v) is 4.89. The number of thiocyanates is 1. The lowest BCUT2D eigenvalue weighted by molar-refractivity contribution is 0.107. The fourth-order valence-electron chi connectivity index (χ4n) is 1.21. The number of aryl methyl sites for hydroxylation is 2. The van der Waals surface area contributed by atoms with E-state index in [0.29, 0.717) is 23.9 Å². The fraction of sp³-hybridized carbons (Fsp3) is 0.333. The predicted octanol–water partition coefficient (Wildman–Crippen LogP) is 2.31. The number of hydrogen-bond acceptors (Lipinski definition) is 3. The average Bonchev–Trinajstić information content (AvgIpc) is 2.43. The van der Waals surface area contributed by atoms with Gasteiger partial charge < -0.3 is 4.57 Å². The molecule has 0 spiro atoms. The third-order valence-corrected chi connectivity index (χ3v) is 2.33. The molecule has 0 aliphatic carbocycles. The molecule has 74 valence electrons. The van der Waals surface area contributed by atoms with Gasteiger partial charge in [-0.15, -0.1) is 0 Å². The SMILES string of the molecule is CCn1cc(C)c(F)c1C(=O)SC#N. The van der Waals surface area contributed by atoms with E-state index in [1.807, 2.05) is 6.92 Å². The molecule has 1 aromatic heterocycles. The summed E-state index contributed by atoms with van der Waals surface area (Å²) in [6.45, 7) is 3.92. The number of rotatable bonds is 2. The van der Waals surface area contributed by atoms with Gasteiger partial charge in [-0.1, -0.05) is 0 Å². The van der Waals surface area contributed by atoms with Gasteiger partial charge in [-0.3, -0.25) is 4.79 Å². The predicted molar refractivity (Wildman–Crippen MR) is 52.3 cm³/mol. The highest BCUT2D eigenvalue weighted by atomic mass is 32.2. The highest BCUT2D eigenvalue weighted by Gasteiger charge is 2.19. The minimum Gasteiger partial charge on any atom is -0.342 e. The molecule has 1 rings (SSSR count). The molecular weight excluding hydrogens is 203 g/mol. The van der Waals surface area contributed by atoms with Crippen molar-refractivity contribution in [1.82, 2.24) is 4.57 Å². The third kappa shape index (κ3) is 1.80. The van der Waals surface area contributed by atoms with Crippen LogP contribution >= 0.6 is 11.8 Å². The molecule has 0 fully saturated rings. The van der Waals surface area contributed by atoms with Crippen LogP contribution in [0.2, 0.25) is 0 Å². The van der Waals surface area contributed by atoms with Crippen LogP contribution < -0.4 is 0 Å². The van der Waals surface area contributed by atoms with Crippen LogP contribution in [0.5, 0.6) is 0 Å². The first kappa shape index (κ1) is 10.8. The van der Waals surface area contributed by atoms with E-state index in [0.717, 1.165) is 0 Å². The maximum absolute atomic E-state index is 13.4. The molecule has 0 bridgehead atoms. The largest absolute Gasteiger partial charge is 0.342 e. The molecule has 0 atom stereocenters. The highest BCUT2D eigenvalue weighted by molar-refractivity contribution is 8.18. The Kier molecular flexibility index (Phi) is 3.31. The van der Waals surface area contributed by atoms with Gasteiger partial charge in [0.05, 0.1) is 0 Å². The van der Waals surface area contributed by atoms with Crippen LogP contribution in [0.15, 0.2) is 6.20 Å². The summed E-state index contributed by atoms with van der Waals surface area (Å²) in [4.78, 5) is 11.3. The van der Waals surface area contributed by atoms with Crippen LogP contribution in [0.1, 0.15) is 23.0 Å². The quantitative estimate of drug-likeness (QED) is 0.707. The summed E-state index contributed by atoms with van der Waals surface area (Å²) in [5.41, 5.74) is 0.408. The van der Waals surface area contributed by atoms with Gasteiger partial charge >= 0.3 is 0 Å². The summed E-state index contributed by atoms with van der Waals surface area (Å²) in [6, 6.07) is 0. The summed E-state index contributed by atoms with van der Waals surface area (Å²) in [5.74, 6) is -0.528. The Morgan fingerprint density at radius 3 is 2.93 bits per heavy atom. The van der Waals surface area contributed by atoms with Crippen molar-refractivity contribution in [3.8, 4) is 5.40 Å². The molecule has 0 saturated carbocycles. The summed E-state index contributed by atoms with van der Waals surface area (Å²) in [7, 11) is 0. The number of carbonyl (C=O) groups is 1. The maximum atomic E-state index is 13.4. The van der Waals surface area contributed by atoms with E-state index < -0.39 is 10.9 Å². The molecule has 0 unspecified atom stereocenters. The van der Waals surface area contributed by atoms with Crippen LogP contribution in [0, 0.1) is 23.4 Å². The Morgan fingerprint density at radius 1 is 1.79 bits per heavy atom. The van der Waals surface area contributed by atoms with Crippen LogP contribution in [0.4, 0.5) is 4.39 Å².